The largest absolute Gasteiger partial charge is 0.632 e. The Labute approximate surface area is 194 Å². The molecule has 1 amide bonds. The molecule has 0 saturated carbocycles. The van der Waals surface area contributed by atoms with Gasteiger partial charge in [-0.3, -0.25) is 4.79 Å². The van der Waals surface area contributed by atoms with Gasteiger partial charge in [-0.05, 0) is 37.1 Å². The molecule has 0 aliphatic carbocycles. The molecule has 1 aliphatic rings. The molecule has 0 radical (unpaired) electrons. The van der Waals surface area contributed by atoms with Gasteiger partial charge in [0.15, 0.2) is 18.0 Å². The van der Waals surface area contributed by atoms with E-state index in [1.54, 1.807) is 18.2 Å². The number of aliphatic hydroxyl groups is 1. The number of hydrogen-bond acceptors (Lipinski definition) is 6. The molecule has 1 saturated heterocycles. The van der Waals surface area contributed by atoms with Crippen LogP contribution < -0.4 is 14.8 Å². The van der Waals surface area contributed by atoms with Crippen LogP contribution >= 0.6 is 0 Å². The van der Waals surface area contributed by atoms with Crippen LogP contribution in [0.2, 0.25) is 0 Å². The van der Waals surface area contributed by atoms with E-state index in [4.69, 9.17) is 9.47 Å². The first-order valence-electron chi connectivity index (χ1n) is 11.1. The number of aliphatic hydroxyl groups excluding tert-OH is 1. The average molecular weight is 460 g/mol. The number of amides is 1. The van der Waals surface area contributed by atoms with Crippen molar-refractivity contribution in [1.82, 2.24) is 0 Å². The Bertz CT molecular complexity index is 939. The second kappa shape index (κ2) is 10.5. The topological polar surface area (TPSA) is 114 Å². The van der Waals surface area contributed by atoms with Crippen LogP contribution in [0.15, 0.2) is 42.5 Å². The fourth-order valence-electron chi connectivity index (χ4n) is 4.11. The molecule has 3 rings (SSSR count). The number of quaternary nitrogens is 2. The summed E-state index contributed by atoms with van der Waals surface area (Å²) in [6.45, 7) is 3.52. The standard InChI is InChI=1S/C24H33N3O6/c1-18-7-6-8-19(2)24(18)25-23(29)16-27(31)13-11-26(30,12-14-27)15-20(28)17-33-22-10-5-4-9-21(22)32-3/h4-10,20,28H,11-17H2,1-3H3,(H,25,29)/t20-,26?,27?/m0/s1. The Morgan fingerprint density at radius 2 is 1.58 bits per heavy atom. The van der Waals surface area contributed by atoms with Gasteiger partial charge in [0.05, 0.1) is 7.11 Å². The molecule has 2 aromatic carbocycles. The fraction of sp³-hybridized carbons (Fsp3) is 0.458. The lowest BCUT2D eigenvalue weighted by Gasteiger charge is -2.54. The summed E-state index contributed by atoms with van der Waals surface area (Å²) >= 11 is 0. The predicted octanol–water partition coefficient (Wildman–Crippen LogP) is 2.33. The van der Waals surface area contributed by atoms with Crippen molar-refractivity contribution in [2.75, 3.05) is 58.3 Å². The minimum atomic E-state index is -0.994. The summed E-state index contributed by atoms with van der Waals surface area (Å²) in [5.41, 5.74) is 2.58. The van der Waals surface area contributed by atoms with Crippen LogP contribution in [0.25, 0.3) is 0 Å². The summed E-state index contributed by atoms with van der Waals surface area (Å²) in [6.07, 6.45) is -0.994. The summed E-state index contributed by atoms with van der Waals surface area (Å²) in [6, 6.07) is 12.8. The average Bonchev–Trinajstić information content (AvgIpc) is 2.77. The van der Waals surface area contributed by atoms with Gasteiger partial charge in [0.2, 0.25) is 0 Å². The van der Waals surface area contributed by atoms with Gasteiger partial charge in [-0.15, -0.1) is 0 Å². The molecule has 0 spiro atoms. The van der Waals surface area contributed by atoms with Crippen LogP contribution in [0.5, 0.6) is 11.5 Å². The normalized spacial score (nSPS) is 23.6. The lowest BCUT2D eigenvalue weighted by molar-refractivity contribution is -0.987. The molecule has 1 atom stereocenters. The summed E-state index contributed by atoms with van der Waals surface area (Å²) in [4.78, 5) is 12.5. The number of rotatable bonds is 9. The first kappa shape index (κ1) is 24.9. The van der Waals surface area contributed by atoms with Crippen molar-refractivity contribution in [2.24, 2.45) is 0 Å². The van der Waals surface area contributed by atoms with Gasteiger partial charge in [-0.2, -0.15) is 0 Å². The van der Waals surface area contributed by atoms with E-state index in [-0.39, 0.29) is 51.8 Å². The van der Waals surface area contributed by atoms with E-state index in [1.807, 2.05) is 38.1 Å². The molecule has 2 aromatic rings. The highest BCUT2D eigenvalue weighted by atomic mass is 16.6. The number of methoxy groups -OCH3 is 1. The highest BCUT2D eigenvalue weighted by Crippen LogP contribution is 2.26. The number of aryl methyl sites for hydroxylation is 2. The molecule has 9 heteroatoms. The Morgan fingerprint density at radius 3 is 2.18 bits per heavy atom. The van der Waals surface area contributed by atoms with E-state index in [2.05, 4.69) is 5.32 Å². The first-order valence-corrected chi connectivity index (χ1v) is 11.1. The van der Waals surface area contributed by atoms with E-state index in [1.165, 1.54) is 7.11 Å². The van der Waals surface area contributed by atoms with Crippen LogP contribution in [0.1, 0.15) is 11.1 Å². The zero-order valence-corrected chi connectivity index (χ0v) is 19.5. The maximum atomic E-state index is 13.1. The second-order valence-corrected chi connectivity index (χ2v) is 8.78. The van der Waals surface area contributed by atoms with Crippen LogP contribution in [0.4, 0.5) is 5.69 Å². The number of benzene rings is 2. The van der Waals surface area contributed by atoms with Crippen molar-refractivity contribution >= 4 is 11.6 Å². The SMILES string of the molecule is COc1ccccc1OC[C@@H](O)C[N+]1([O-])CC[N+]([O-])(CC(=O)Nc2c(C)cccc2C)CC1. The van der Waals surface area contributed by atoms with E-state index in [9.17, 15) is 20.3 Å². The number of para-hydroxylation sites is 3. The molecule has 2 N–H and O–H groups in total. The minimum Gasteiger partial charge on any atom is -0.632 e. The molecular weight excluding hydrogens is 426 g/mol. The van der Waals surface area contributed by atoms with E-state index < -0.39 is 15.4 Å². The lowest BCUT2D eigenvalue weighted by atomic mass is 10.1. The van der Waals surface area contributed by atoms with E-state index in [0.717, 1.165) is 16.8 Å². The van der Waals surface area contributed by atoms with Gasteiger partial charge in [0.25, 0.3) is 5.91 Å². The van der Waals surface area contributed by atoms with Crippen molar-refractivity contribution < 1.29 is 28.7 Å². The smallest absolute Gasteiger partial charge is 0.279 e. The third-order valence-electron chi connectivity index (χ3n) is 6.05. The van der Waals surface area contributed by atoms with Crippen LogP contribution in [0.3, 0.4) is 0 Å². The first-order chi connectivity index (χ1) is 15.6. The monoisotopic (exact) mass is 459 g/mol. The molecule has 0 unspecified atom stereocenters. The van der Waals surface area contributed by atoms with Gasteiger partial charge in [0.1, 0.15) is 45.4 Å². The minimum absolute atomic E-state index is 0.0176. The Balaban J connectivity index is 1.49. The Kier molecular flexibility index (Phi) is 7.93. The highest BCUT2D eigenvalue weighted by Gasteiger charge is 2.35. The molecule has 180 valence electrons. The number of carbonyl (C=O) groups excluding carboxylic acids is 1. The fourth-order valence-corrected chi connectivity index (χ4v) is 4.11. The van der Waals surface area contributed by atoms with Crippen LogP contribution in [-0.2, 0) is 4.79 Å². The van der Waals surface area contributed by atoms with Gasteiger partial charge < -0.3 is 39.6 Å². The summed E-state index contributed by atoms with van der Waals surface area (Å²) in [7, 11) is 1.53. The van der Waals surface area contributed by atoms with Crippen molar-refractivity contribution in [3.05, 3.63) is 64.0 Å². The molecular formula is C24H33N3O6. The summed E-state index contributed by atoms with van der Waals surface area (Å²) in [5, 5.41) is 39.3. The van der Waals surface area contributed by atoms with Crippen LogP contribution in [0, 0.1) is 24.3 Å². The summed E-state index contributed by atoms with van der Waals surface area (Å²) < 4.78 is 9.39. The van der Waals surface area contributed by atoms with Gasteiger partial charge in [-0.25, -0.2) is 0 Å². The number of anilines is 1. The van der Waals surface area contributed by atoms with Gasteiger partial charge >= 0.3 is 0 Å². The lowest BCUT2D eigenvalue weighted by Crippen LogP contribution is -2.65. The second-order valence-electron chi connectivity index (χ2n) is 8.78. The molecule has 0 bridgehead atoms. The maximum absolute atomic E-state index is 13.1. The van der Waals surface area contributed by atoms with Crippen molar-refractivity contribution in [2.45, 2.75) is 20.0 Å². The zero-order valence-electron chi connectivity index (χ0n) is 19.5. The van der Waals surface area contributed by atoms with Crippen LogP contribution in [-0.4, -0.2) is 79.4 Å². The van der Waals surface area contributed by atoms with Crippen molar-refractivity contribution in [3.63, 3.8) is 0 Å². The quantitative estimate of drug-likeness (QED) is 0.440. The Morgan fingerprint density at radius 1 is 1.00 bits per heavy atom. The summed E-state index contributed by atoms with van der Waals surface area (Å²) in [5.74, 6) is 0.667. The number of carbonyl (C=O) groups is 1. The Hall–Kier alpha value is -2.69. The van der Waals surface area contributed by atoms with E-state index >= 15 is 0 Å². The number of hydrogen-bond donors (Lipinski definition) is 2. The molecule has 1 aliphatic heterocycles. The molecule has 0 aromatic heterocycles. The number of hydroxylamine groups is 6. The van der Waals surface area contributed by atoms with E-state index in [0.29, 0.717) is 11.5 Å². The predicted molar refractivity (Wildman–Crippen MR) is 125 cm³/mol. The molecule has 1 fully saturated rings. The highest BCUT2D eigenvalue weighted by molar-refractivity contribution is 5.93. The number of ether oxygens (including phenoxy) is 2. The van der Waals surface area contributed by atoms with Gasteiger partial charge in [-0.1, -0.05) is 30.3 Å². The van der Waals surface area contributed by atoms with Crippen molar-refractivity contribution in [3.8, 4) is 11.5 Å². The van der Waals surface area contributed by atoms with Crippen molar-refractivity contribution in [1.29, 1.82) is 0 Å². The third kappa shape index (κ3) is 6.66. The molecule has 33 heavy (non-hydrogen) atoms. The molecule has 9 nitrogen and oxygen atoms in total. The number of nitrogens with zero attached hydrogens (tertiary/aromatic N) is 2. The van der Waals surface area contributed by atoms with Gasteiger partial charge in [0, 0.05) is 5.69 Å². The third-order valence-corrected chi connectivity index (χ3v) is 6.05. The maximum Gasteiger partial charge on any atom is 0.279 e. The zero-order chi connectivity index (χ0) is 24.1. The number of nitrogens with one attached hydrogen (secondary N) is 1. The molecule has 1 heterocycles. The number of piperazine rings is 1.